The summed E-state index contributed by atoms with van der Waals surface area (Å²) in [5.41, 5.74) is 3.60. The maximum atomic E-state index is 13.3. The molecule has 1 heterocycles. The predicted molar refractivity (Wildman–Crippen MR) is 115 cm³/mol. The van der Waals surface area contributed by atoms with Gasteiger partial charge in [-0.25, -0.2) is 9.07 Å². The van der Waals surface area contributed by atoms with Crippen molar-refractivity contribution in [2.75, 3.05) is 27.2 Å². The van der Waals surface area contributed by atoms with Crippen LogP contribution in [0.4, 0.5) is 4.39 Å². The van der Waals surface area contributed by atoms with E-state index in [0.717, 1.165) is 35.6 Å². The Balaban J connectivity index is 1.79. The van der Waals surface area contributed by atoms with Gasteiger partial charge in [-0.2, -0.15) is 5.10 Å². The van der Waals surface area contributed by atoms with Gasteiger partial charge in [0.1, 0.15) is 5.82 Å². The molecule has 3 aromatic rings. The van der Waals surface area contributed by atoms with Crippen LogP contribution in [0.15, 0.2) is 60.8 Å². The van der Waals surface area contributed by atoms with Gasteiger partial charge in [-0.05, 0) is 62.7 Å². The number of thiocarbonyl (C=S) groups is 1. The number of hydrogen-bond acceptors (Lipinski definition) is 3. The molecule has 0 aliphatic carbocycles. The molecule has 0 atom stereocenters. The van der Waals surface area contributed by atoms with E-state index in [1.54, 1.807) is 12.1 Å². The molecule has 0 unspecified atom stereocenters. The third-order valence-corrected chi connectivity index (χ3v) is 4.50. The quantitative estimate of drug-likeness (QED) is 0.600. The van der Waals surface area contributed by atoms with Crippen molar-refractivity contribution in [3.05, 3.63) is 72.2 Å². The number of halogens is 1. The van der Waals surface area contributed by atoms with Gasteiger partial charge in [0.2, 0.25) is 0 Å². The first kappa shape index (κ1) is 20.0. The van der Waals surface area contributed by atoms with Crippen molar-refractivity contribution in [3.63, 3.8) is 0 Å². The molecule has 0 fully saturated rings. The molecule has 7 heteroatoms. The van der Waals surface area contributed by atoms with Gasteiger partial charge in [0.15, 0.2) is 5.11 Å². The van der Waals surface area contributed by atoms with E-state index in [2.05, 4.69) is 15.5 Å². The molecule has 0 saturated carbocycles. The number of para-hydroxylation sites is 1. The van der Waals surface area contributed by atoms with Gasteiger partial charge in [-0.3, -0.25) is 0 Å². The van der Waals surface area contributed by atoms with Crippen molar-refractivity contribution >= 4 is 17.3 Å². The Morgan fingerprint density at radius 1 is 1.07 bits per heavy atom. The van der Waals surface area contributed by atoms with Gasteiger partial charge in [0, 0.05) is 37.0 Å². The molecule has 5 nitrogen and oxygen atoms in total. The predicted octanol–water partition coefficient (Wildman–Crippen LogP) is 3.20. The summed E-state index contributed by atoms with van der Waals surface area (Å²) in [6, 6.07) is 16.3. The lowest BCUT2D eigenvalue weighted by atomic mass is 10.1. The summed E-state index contributed by atoms with van der Waals surface area (Å²) in [5.74, 6) is -0.266. The maximum Gasteiger partial charge on any atom is 0.166 e. The number of benzene rings is 2. The van der Waals surface area contributed by atoms with E-state index >= 15 is 0 Å². The minimum absolute atomic E-state index is 0.266. The molecule has 28 heavy (non-hydrogen) atoms. The van der Waals surface area contributed by atoms with E-state index in [1.807, 2.05) is 55.3 Å². The molecule has 1 aromatic heterocycles. The Morgan fingerprint density at radius 2 is 1.79 bits per heavy atom. The zero-order chi connectivity index (χ0) is 19.9. The van der Waals surface area contributed by atoms with Crippen molar-refractivity contribution in [1.82, 2.24) is 25.3 Å². The van der Waals surface area contributed by atoms with Crippen molar-refractivity contribution < 1.29 is 4.39 Å². The van der Waals surface area contributed by atoms with Crippen LogP contribution in [0.25, 0.3) is 16.9 Å². The van der Waals surface area contributed by atoms with Crippen LogP contribution in [0.2, 0.25) is 0 Å². The highest BCUT2D eigenvalue weighted by molar-refractivity contribution is 7.80. The monoisotopic (exact) mass is 397 g/mol. The fourth-order valence-electron chi connectivity index (χ4n) is 2.73. The molecule has 0 bridgehead atoms. The fraction of sp³-hybridized carbons (Fsp3) is 0.238. The van der Waals surface area contributed by atoms with Gasteiger partial charge in [0.05, 0.1) is 11.4 Å². The van der Waals surface area contributed by atoms with Crippen LogP contribution in [0, 0.1) is 5.82 Å². The van der Waals surface area contributed by atoms with E-state index in [4.69, 9.17) is 17.3 Å². The van der Waals surface area contributed by atoms with Gasteiger partial charge in [0.25, 0.3) is 0 Å². The highest BCUT2D eigenvalue weighted by Gasteiger charge is 2.13. The van der Waals surface area contributed by atoms with Crippen LogP contribution in [0.1, 0.15) is 5.56 Å². The molecule has 0 radical (unpaired) electrons. The third-order valence-electron chi connectivity index (χ3n) is 4.21. The summed E-state index contributed by atoms with van der Waals surface area (Å²) < 4.78 is 15.2. The van der Waals surface area contributed by atoms with Crippen molar-refractivity contribution in [3.8, 4) is 16.9 Å². The summed E-state index contributed by atoms with van der Waals surface area (Å²) >= 11 is 5.36. The third kappa shape index (κ3) is 5.37. The lowest BCUT2D eigenvalue weighted by Gasteiger charge is -2.13. The first-order valence-electron chi connectivity index (χ1n) is 9.09. The van der Waals surface area contributed by atoms with Crippen molar-refractivity contribution in [2.45, 2.75) is 6.54 Å². The van der Waals surface area contributed by atoms with E-state index in [0.29, 0.717) is 11.7 Å². The largest absolute Gasteiger partial charge is 0.361 e. The second kappa shape index (κ2) is 9.43. The smallest absolute Gasteiger partial charge is 0.166 e. The van der Waals surface area contributed by atoms with E-state index in [1.165, 1.54) is 12.1 Å². The van der Waals surface area contributed by atoms with Crippen LogP contribution in [0.3, 0.4) is 0 Å². The number of aromatic nitrogens is 2. The first-order chi connectivity index (χ1) is 13.5. The number of nitrogens with zero attached hydrogens (tertiary/aromatic N) is 3. The minimum atomic E-state index is -0.266. The average Bonchev–Trinajstić information content (AvgIpc) is 3.12. The van der Waals surface area contributed by atoms with E-state index in [-0.39, 0.29) is 5.82 Å². The summed E-state index contributed by atoms with van der Waals surface area (Å²) in [7, 11) is 4.04. The molecule has 0 aliphatic rings. The van der Waals surface area contributed by atoms with Crippen molar-refractivity contribution in [2.24, 2.45) is 0 Å². The summed E-state index contributed by atoms with van der Waals surface area (Å²) in [6.07, 6.45) is 1.98. The molecule has 0 saturated heterocycles. The van der Waals surface area contributed by atoms with Crippen LogP contribution in [0.5, 0.6) is 0 Å². The molecule has 0 aliphatic heterocycles. The van der Waals surface area contributed by atoms with Crippen LogP contribution in [-0.4, -0.2) is 47.0 Å². The Labute approximate surface area is 170 Å². The second-order valence-corrected chi connectivity index (χ2v) is 7.11. The Morgan fingerprint density at radius 3 is 2.46 bits per heavy atom. The molecule has 0 amide bonds. The van der Waals surface area contributed by atoms with Crippen LogP contribution >= 0.6 is 12.2 Å². The number of likely N-dealkylation sites (N-methyl/N-ethyl adjacent to an activating group) is 1. The second-order valence-electron chi connectivity index (χ2n) is 6.70. The molecule has 146 valence electrons. The summed E-state index contributed by atoms with van der Waals surface area (Å²) in [5, 5.41) is 11.7. The summed E-state index contributed by atoms with van der Waals surface area (Å²) in [6.45, 7) is 2.19. The normalized spacial score (nSPS) is 10.9. The maximum absolute atomic E-state index is 13.3. The highest BCUT2D eigenvalue weighted by atomic mass is 32.1. The topological polar surface area (TPSA) is 45.1 Å². The van der Waals surface area contributed by atoms with E-state index < -0.39 is 0 Å². The van der Waals surface area contributed by atoms with Gasteiger partial charge >= 0.3 is 0 Å². The number of hydrogen-bond donors (Lipinski definition) is 2. The zero-order valence-corrected chi connectivity index (χ0v) is 16.8. The molecular formula is C21H24FN5S. The summed E-state index contributed by atoms with van der Waals surface area (Å²) in [4.78, 5) is 2.09. The molecule has 2 N–H and O–H groups in total. The Hall–Kier alpha value is -2.77. The van der Waals surface area contributed by atoms with Crippen LogP contribution in [-0.2, 0) is 6.54 Å². The lowest BCUT2D eigenvalue weighted by Crippen LogP contribution is -2.38. The fourth-order valence-corrected chi connectivity index (χ4v) is 2.91. The zero-order valence-electron chi connectivity index (χ0n) is 16.0. The number of nitrogens with one attached hydrogen (secondary N) is 2. The van der Waals surface area contributed by atoms with Crippen LogP contribution < -0.4 is 10.6 Å². The highest BCUT2D eigenvalue weighted by Crippen LogP contribution is 2.24. The molecule has 0 spiro atoms. The van der Waals surface area contributed by atoms with Gasteiger partial charge in [-0.15, -0.1) is 0 Å². The molecule has 3 rings (SSSR count). The number of rotatable bonds is 7. The van der Waals surface area contributed by atoms with E-state index in [9.17, 15) is 4.39 Å². The lowest BCUT2D eigenvalue weighted by molar-refractivity contribution is 0.412. The Kier molecular flexibility index (Phi) is 6.73. The SMILES string of the molecule is CN(C)CCNC(=S)NCc1cn(-c2ccccc2)nc1-c1ccc(F)cc1. The first-order valence-corrected chi connectivity index (χ1v) is 9.50. The molecular weight excluding hydrogens is 373 g/mol. The Bertz CT molecular complexity index is 906. The minimum Gasteiger partial charge on any atom is -0.361 e. The average molecular weight is 398 g/mol. The van der Waals surface area contributed by atoms with Gasteiger partial charge < -0.3 is 15.5 Å². The molecule has 2 aromatic carbocycles. The van der Waals surface area contributed by atoms with Crippen molar-refractivity contribution in [1.29, 1.82) is 0 Å². The standard InChI is InChI=1S/C21H24FN5S/c1-26(2)13-12-23-21(28)24-14-17-15-27(19-6-4-3-5-7-19)25-20(17)16-8-10-18(22)11-9-16/h3-11,15H,12-14H2,1-2H3,(H2,23,24,28). The van der Waals surface area contributed by atoms with Gasteiger partial charge in [-0.1, -0.05) is 18.2 Å².